The average molecular weight is 233 g/mol. The van der Waals surface area contributed by atoms with Gasteiger partial charge in [0.1, 0.15) is 12.4 Å². The molecule has 0 bridgehead atoms. The summed E-state index contributed by atoms with van der Waals surface area (Å²) in [5.41, 5.74) is 2.36. The minimum absolute atomic E-state index is 0.478. The number of amides is 1. The molecule has 0 atom stereocenters. The fourth-order valence-corrected chi connectivity index (χ4v) is 1.71. The number of para-hydroxylation sites is 1. The molecule has 1 aliphatic heterocycles. The first kappa shape index (κ1) is 10.8. The fourth-order valence-electron chi connectivity index (χ4n) is 1.60. The zero-order chi connectivity index (χ0) is 11.5. The van der Waals surface area contributed by atoms with Gasteiger partial charge in [0.25, 0.3) is 0 Å². The summed E-state index contributed by atoms with van der Waals surface area (Å²) in [5, 5.41) is 0. The van der Waals surface area contributed by atoms with Crippen LogP contribution in [0.4, 0.5) is 0 Å². The molecule has 1 aromatic carbocycles. The van der Waals surface area contributed by atoms with Gasteiger partial charge in [-0.05, 0) is 12.1 Å². The van der Waals surface area contributed by atoms with Crippen LogP contribution in [-0.4, -0.2) is 17.3 Å². The van der Waals surface area contributed by atoms with E-state index in [0.29, 0.717) is 18.7 Å². The largest absolute Gasteiger partial charge is 0.489 e. The molecular formula is C12H11NO2S. The molecule has 0 spiro atoms. The van der Waals surface area contributed by atoms with Gasteiger partial charge in [0, 0.05) is 11.1 Å². The average Bonchev–Trinajstić information content (AvgIpc) is 2.36. The third-order valence-corrected chi connectivity index (χ3v) is 2.73. The number of fused-ring (bicyclic) bond motifs is 1. The van der Waals surface area contributed by atoms with E-state index in [9.17, 15) is 4.79 Å². The van der Waals surface area contributed by atoms with Crippen molar-refractivity contribution in [2.24, 2.45) is 0 Å². The first-order valence-corrected chi connectivity index (χ1v) is 5.19. The first-order chi connectivity index (χ1) is 7.74. The van der Waals surface area contributed by atoms with Crippen LogP contribution in [0, 0.1) is 0 Å². The number of thiol groups is 1. The number of benzene rings is 1. The second-order valence-corrected chi connectivity index (χ2v) is 3.75. The molecular weight excluding hydrogens is 222 g/mol. The Balaban J connectivity index is 2.40. The number of hydrogen-bond donors (Lipinski definition) is 1. The third-order valence-electron chi connectivity index (χ3n) is 2.39. The quantitative estimate of drug-likeness (QED) is 0.641. The molecule has 16 heavy (non-hydrogen) atoms. The Hall–Kier alpha value is -1.68. The first-order valence-electron chi connectivity index (χ1n) is 4.79. The van der Waals surface area contributed by atoms with E-state index in [1.54, 1.807) is 0 Å². The maximum Gasteiger partial charge on any atom is 0.224 e. The Morgan fingerprint density at radius 1 is 1.50 bits per heavy atom. The van der Waals surface area contributed by atoms with E-state index < -0.39 is 0 Å². The summed E-state index contributed by atoms with van der Waals surface area (Å²) in [7, 11) is 0. The standard InChI is InChI=1S/C12H11NO2S/c1-9(13(16)8-14)10-6-7-15-12-5-3-2-4-11(10)12/h2-6,8,16H,1,7H2. The SMILES string of the molecule is C=C(C1=CCOc2ccccc21)N(S)C=O. The number of nitrogens with zero attached hydrogens (tertiary/aromatic N) is 1. The van der Waals surface area contributed by atoms with Crippen molar-refractivity contribution in [3.8, 4) is 5.75 Å². The summed E-state index contributed by atoms with van der Waals surface area (Å²) >= 11 is 4.01. The molecule has 0 saturated carbocycles. The maximum atomic E-state index is 10.6. The molecule has 1 heterocycles. The Morgan fingerprint density at radius 2 is 2.25 bits per heavy atom. The molecule has 2 rings (SSSR count). The van der Waals surface area contributed by atoms with E-state index in [2.05, 4.69) is 19.4 Å². The zero-order valence-corrected chi connectivity index (χ0v) is 9.48. The summed E-state index contributed by atoms with van der Waals surface area (Å²) < 4.78 is 6.63. The van der Waals surface area contributed by atoms with E-state index in [0.717, 1.165) is 21.2 Å². The van der Waals surface area contributed by atoms with E-state index in [1.165, 1.54) is 0 Å². The third kappa shape index (κ3) is 1.84. The Morgan fingerprint density at radius 3 is 3.00 bits per heavy atom. The second-order valence-electron chi connectivity index (χ2n) is 3.32. The summed E-state index contributed by atoms with van der Waals surface area (Å²) in [6, 6.07) is 7.64. The van der Waals surface area contributed by atoms with Crippen LogP contribution in [0.15, 0.2) is 42.6 Å². The molecule has 3 nitrogen and oxygen atoms in total. The molecule has 4 heteroatoms. The molecule has 0 aromatic heterocycles. The molecule has 0 saturated heterocycles. The van der Waals surface area contributed by atoms with E-state index >= 15 is 0 Å². The molecule has 0 N–H and O–H groups in total. The van der Waals surface area contributed by atoms with Gasteiger partial charge in [-0.2, -0.15) is 0 Å². The number of rotatable bonds is 3. The highest BCUT2D eigenvalue weighted by molar-refractivity contribution is 7.78. The van der Waals surface area contributed by atoms with Crippen LogP contribution in [0.3, 0.4) is 0 Å². The summed E-state index contributed by atoms with van der Waals surface area (Å²) in [6.07, 6.45) is 2.50. The van der Waals surface area contributed by atoms with Crippen LogP contribution in [-0.2, 0) is 4.79 Å². The van der Waals surface area contributed by atoms with Crippen LogP contribution in [0.1, 0.15) is 5.56 Å². The fraction of sp³-hybridized carbons (Fsp3) is 0.0833. The number of carbonyl (C=O) groups is 1. The second kappa shape index (κ2) is 4.45. The smallest absolute Gasteiger partial charge is 0.224 e. The molecule has 82 valence electrons. The van der Waals surface area contributed by atoms with Gasteiger partial charge < -0.3 is 4.74 Å². The minimum atomic E-state index is 0.478. The number of carbonyl (C=O) groups excluding carboxylic acids is 1. The van der Waals surface area contributed by atoms with Crippen LogP contribution < -0.4 is 4.74 Å². The van der Waals surface area contributed by atoms with E-state index in [1.807, 2.05) is 30.3 Å². The minimum Gasteiger partial charge on any atom is -0.489 e. The van der Waals surface area contributed by atoms with Crippen LogP contribution in [0.2, 0.25) is 0 Å². The monoisotopic (exact) mass is 233 g/mol. The lowest BCUT2D eigenvalue weighted by molar-refractivity contribution is -0.112. The maximum absolute atomic E-state index is 10.6. The Labute approximate surface area is 99.6 Å². The number of hydrogen-bond acceptors (Lipinski definition) is 3. The van der Waals surface area contributed by atoms with Crippen molar-refractivity contribution >= 4 is 24.8 Å². The highest BCUT2D eigenvalue weighted by atomic mass is 32.1. The lowest BCUT2D eigenvalue weighted by Crippen LogP contribution is -2.13. The van der Waals surface area contributed by atoms with Crippen molar-refractivity contribution in [1.29, 1.82) is 0 Å². The van der Waals surface area contributed by atoms with Crippen molar-refractivity contribution in [3.63, 3.8) is 0 Å². The zero-order valence-electron chi connectivity index (χ0n) is 8.59. The highest BCUT2D eigenvalue weighted by Crippen LogP contribution is 2.34. The molecule has 1 aliphatic rings. The molecule has 0 unspecified atom stereocenters. The van der Waals surface area contributed by atoms with E-state index in [-0.39, 0.29) is 0 Å². The number of ether oxygens (including phenoxy) is 1. The van der Waals surface area contributed by atoms with Crippen molar-refractivity contribution in [3.05, 3.63) is 48.2 Å². The van der Waals surface area contributed by atoms with Crippen molar-refractivity contribution in [1.82, 2.24) is 4.31 Å². The van der Waals surface area contributed by atoms with Gasteiger partial charge in [0.15, 0.2) is 0 Å². The van der Waals surface area contributed by atoms with Gasteiger partial charge in [-0.3, -0.25) is 9.10 Å². The van der Waals surface area contributed by atoms with Crippen molar-refractivity contribution in [2.75, 3.05) is 6.61 Å². The number of allylic oxidation sites excluding steroid dienone is 1. The highest BCUT2D eigenvalue weighted by Gasteiger charge is 2.17. The van der Waals surface area contributed by atoms with Crippen molar-refractivity contribution < 1.29 is 9.53 Å². The lowest BCUT2D eigenvalue weighted by Gasteiger charge is -2.22. The topological polar surface area (TPSA) is 29.5 Å². The predicted molar refractivity (Wildman–Crippen MR) is 65.9 cm³/mol. The lowest BCUT2D eigenvalue weighted by atomic mass is 10.0. The van der Waals surface area contributed by atoms with Gasteiger partial charge in [-0.1, -0.05) is 37.6 Å². The normalized spacial score (nSPS) is 13.2. The molecule has 1 amide bonds. The van der Waals surface area contributed by atoms with Crippen molar-refractivity contribution in [2.45, 2.75) is 0 Å². The summed E-state index contributed by atoms with van der Waals surface area (Å²) in [5.74, 6) is 0.800. The van der Waals surface area contributed by atoms with Crippen LogP contribution in [0.5, 0.6) is 5.75 Å². The van der Waals surface area contributed by atoms with Crippen LogP contribution >= 0.6 is 12.8 Å². The molecule has 0 radical (unpaired) electrons. The van der Waals surface area contributed by atoms with Gasteiger partial charge >= 0.3 is 0 Å². The summed E-state index contributed by atoms with van der Waals surface area (Å²) in [6.45, 7) is 4.32. The van der Waals surface area contributed by atoms with Gasteiger partial charge in [-0.15, -0.1) is 0 Å². The summed E-state index contributed by atoms with van der Waals surface area (Å²) in [4.78, 5) is 10.6. The van der Waals surface area contributed by atoms with Gasteiger partial charge in [0.05, 0.1) is 5.70 Å². The molecule has 0 aliphatic carbocycles. The molecule has 0 fully saturated rings. The predicted octanol–water partition coefficient (Wildman–Crippen LogP) is 2.28. The Bertz CT molecular complexity index is 468. The molecule has 1 aromatic rings. The van der Waals surface area contributed by atoms with Crippen LogP contribution in [0.25, 0.3) is 5.57 Å². The Kier molecular flexibility index (Phi) is 3.01. The van der Waals surface area contributed by atoms with E-state index in [4.69, 9.17) is 4.74 Å². The van der Waals surface area contributed by atoms with Gasteiger partial charge in [-0.25, -0.2) is 0 Å². The van der Waals surface area contributed by atoms with Gasteiger partial charge in [0.2, 0.25) is 6.41 Å².